The van der Waals surface area contributed by atoms with Gasteiger partial charge < -0.3 is 10.5 Å². The second-order valence-electron chi connectivity index (χ2n) is 4.13. The van der Waals surface area contributed by atoms with E-state index in [2.05, 4.69) is 0 Å². The zero-order chi connectivity index (χ0) is 14.7. The predicted molar refractivity (Wildman–Crippen MR) is 73.9 cm³/mol. The van der Waals surface area contributed by atoms with Gasteiger partial charge in [0.15, 0.2) is 0 Å². The molecule has 0 saturated heterocycles. The average molecular weight is 297 g/mol. The summed E-state index contributed by atoms with van der Waals surface area (Å²) in [5.41, 5.74) is 6.13. The minimum absolute atomic E-state index is 0.0799. The van der Waals surface area contributed by atoms with Crippen LogP contribution in [0.5, 0.6) is 5.75 Å². The molecule has 0 aliphatic carbocycles. The molecule has 2 aromatic rings. The van der Waals surface area contributed by atoms with E-state index in [4.69, 9.17) is 10.5 Å². The van der Waals surface area contributed by atoms with Crippen LogP contribution >= 0.6 is 0 Å². The molecule has 0 heterocycles. The van der Waals surface area contributed by atoms with Crippen LogP contribution in [0.15, 0.2) is 41.3 Å². The van der Waals surface area contributed by atoms with Gasteiger partial charge in [0.25, 0.3) is 0 Å². The van der Waals surface area contributed by atoms with Crippen molar-refractivity contribution in [1.29, 1.82) is 0 Å². The van der Waals surface area contributed by atoms with E-state index >= 15 is 0 Å². The van der Waals surface area contributed by atoms with Gasteiger partial charge in [-0.2, -0.15) is 0 Å². The quantitative estimate of drug-likeness (QED) is 0.883. The fraction of sp³-hybridized carbons (Fsp3) is 0.143. The molecule has 2 N–H and O–H groups in total. The summed E-state index contributed by atoms with van der Waals surface area (Å²) in [5.74, 6) is -0.753. The molecule has 2 rings (SSSR count). The van der Waals surface area contributed by atoms with Crippen molar-refractivity contribution >= 4 is 16.5 Å². The van der Waals surface area contributed by atoms with Gasteiger partial charge in [-0.25, -0.2) is 8.78 Å². The van der Waals surface area contributed by atoms with E-state index in [0.29, 0.717) is 5.75 Å². The van der Waals surface area contributed by atoms with Gasteiger partial charge in [-0.1, -0.05) is 6.07 Å². The number of benzene rings is 2. The fourth-order valence-corrected chi connectivity index (χ4v) is 2.94. The minimum atomic E-state index is -1.62. The minimum Gasteiger partial charge on any atom is -0.497 e. The predicted octanol–water partition coefficient (Wildman–Crippen LogP) is 2.86. The van der Waals surface area contributed by atoms with E-state index in [-0.39, 0.29) is 21.9 Å². The number of nitrogen functional groups attached to an aromatic ring is 1. The molecule has 6 heteroatoms. The highest BCUT2D eigenvalue weighted by Crippen LogP contribution is 2.23. The normalized spacial score (nSPS) is 12.2. The molecule has 0 bridgehead atoms. The first-order chi connectivity index (χ1) is 9.51. The van der Waals surface area contributed by atoms with Crippen LogP contribution in [-0.4, -0.2) is 11.3 Å². The Morgan fingerprint density at radius 1 is 1.20 bits per heavy atom. The molecular formula is C14H13F2NO2S. The number of hydrogen-bond acceptors (Lipinski definition) is 3. The summed E-state index contributed by atoms with van der Waals surface area (Å²) in [4.78, 5) is 0.167. The molecular weight excluding hydrogens is 284 g/mol. The maximum atomic E-state index is 13.8. The monoisotopic (exact) mass is 297 g/mol. The molecule has 3 nitrogen and oxygen atoms in total. The highest BCUT2D eigenvalue weighted by molar-refractivity contribution is 7.84. The molecule has 0 amide bonds. The Morgan fingerprint density at radius 3 is 2.60 bits per heavy atom. The lowest BCUT2D eigenvalue weighted by Crippen LogP contribution is -2.03. The van der Waals surface area contributed by atoms with E-state index in [0.717, 1.165) is 6.07 Å². The zero-order valence-corrected chi connectivity index (χ0v) is 11.5. The summed E-state index contributed by atoms with van der Waals surface area (Å²) in [6.07, 6.45) is 0. The molecule has 0 aromatic heterocycles. The number of methoxy groups -OCH3 is 1. The third-order valence-corrected chi connectivity index (χ3v) is 4.19. The van der Waals surface area contributed by atoms with E-state index in [1.54, 1.807) is 6.07 Å². The van der Waals surface area contributed by atoms with Crippen LogP contribution in [0.4, 0.5) is 14.5 Å². The Labute approximate surface area is 117 Å². The van der Waals surface area contributed by atoms with Crippen molar-refractivity contribution in [3.05, 3.63) is 53.6 Å². The molecule has 1 atom stereocenters. The summed E-state index contributed by atoms with van der Waals surface area (Å²) in [7, 11) is -0.190. The van der Waals surface area contributed by atoms with Crippen molar-refractivity contribution in [1.82, 2.24) is 0 Å². The first-order valence-electron chi connectivity index (χ1n) is 5.77. The van der Waals surface area contributed by atoms with Crippen molar-refractivity contribution in [2.24, 2.45) is 0 Å². The Balaban J connectivity index is 2.25. The highest BCUT2D eigenvalue weighted by atomic mass is 32.2. The largest absolute Gasteiger partial charge is 0.497 e. The van der Waals surface area contributed by atoms with E-state index in [1.807, 2.05) is 0 Å². The first kappa shape index (κ1) is 14.5. The van der Waals surface area contributed by atoms with Crippen LogP contribution < -0.4 is 10.5 Å². The Bertz CT molecular complexity index is 662. The molecule has 0 aliphatic rings. The number of halogens is 2. The second-order valence-corrected chi connectivity index (χ2v) is 5.55. The summed E-state index contributed by atoms with van der Waals surface area (Å²) < 4.78 is 44.0. The average Bonchev–Trinajstić information content (AvgIpc) is 2.43. The van der Waals surface area contributed by atoms with Gasteiger partial charge in [-0.05, 0) is 24.3 Å². The van der Waals surface area contributed by atoms with E-state index in [9.17, 15) is 13.0 Å². The van der Waals surface area contributed by atoms with E-state index < -0.39 is 22.4 Å². The summed E-state index contributed by atoms with van der Waals surface area (Å²) >= 11 is 0. The van der Waals surface area contributed by atoms with Crippen molar-refractivity contribution < 1.29 is 17.7 Å². The lowest BCUT2D eigenvalue weighted by molar-refractivity contribution is 0.411. The second kappa shape index (κ2) is 6.00. The number of ether oxygens (including phenoxy) is 1. The van der Waals surface area contributed by atoms with Gasteiger partial charge in [0.2, 0.25) is 0 Å². The number of anilines is 1. The molecule has 20 heavy (non-hydrogen) atoms. The van der Waals surface area contributed by atoms with E-state index in [1.165, 1.54) is 31.4 Å². The third kappa shape index (κ3) is 3.14. The first-order valence-corrected chi connectivity index (χ1v) is 7.09. The maximum Gasteiger partial charge on any atom is 0.131 e. The molecule has 0 aliphatic heterocycles. The highest BCUT2D eigenvalue weighted by Gasteiger charge is 2.13. The summed E-state index contributed by atoms with van der Waals surface area (Å²) in [6.45, 7) is 0. The standard InChI is InChI=1S/C14H13F2NO2S/c1-19-11-4-2-9(12(16)7-11)8-20(18)14-6-10(15)3-5-13(14)17/h2-7H,8,17H2,1H3. The lowest BCUT2D eigenvalue weighted by Gasteiger charge is -2.08. The van der Waals surface area contributed by atoms with Gasteiger partial charge in [0, 0.05) is 17.3 Å². The number of hydrogen-bond donors (Lipinski definition) is 1. The molecule has 1 unspecified atom stereocenters. The van der Waals surface area contributed by atoms with Gasteiger partial charge in [0.1, 0.15) is 17.4 Å². The topological polar surface area (TPSA) is 52.3 Å². The van der Waals surface area contributed by atoms with Crippen LogP contribution in [0.25, 0.3) is 0 Å². The molecule has 0 spiro atoms. The summed E-state index contributed by atoms with van der Waals surface area (Å²) in [6, 6.07) is 7.90. The molecule has 0 radical (unpaired) electrons. The van der Waals surface area contributed by atoms with Gasteiger partial charge in [-0.15, -0.1) is 0 Å². The molecule has 106 valence electrons. The van der Waals surface area contributed by atoms with Crippen LogP contribution in [0, 0.1) is 11.6 Å². The number of nitrogens with two attached hydrogens (primary N) is 1. The van der Waals surface area contributed by atoms with Crippen LogP contribution in [0.2, 0.25) is 0 Å². The molecule has 0 fully saturated rings. The Kier molecular flexibility index (Phi) is 4.34. The third-order valence-electron chi connectivity index (χ3n) is 2.77. The van der Waals surface area contributed by atoms with Gasteiger partial charge in [-0.3, -0.25) is 4.21 Å². The van der Waals surface area contributed by atoms with Gasteiger partial charge in [0.05, 0.1) is 28.6 Å². The van der Waals surface area contributed by atoms with Gasteiger partial charge >= 0.3 is 0 Å². The fourth-order valence-electron chi connectivity index (χ4n) is 1.70. The lowest BCUT2D eigenvalue weighted by atomic mass is 10.2. The number of rotatable bonds is 4. The SMILES string of the molecule is COc1ccc(CS(=O)c2cc(F)ccc2N)c(F)c1. The van der Waals surface area contributed by atoms with Crippen LogP contribution in [0.1, 0.15) is 5.56 Å². The molecule has 0 saturated carbocycles. The maximum absolute atomic E-state index is 13.8. The Morgan fingerprint density at radius 2 is 1.95 bits per heavy atom. The van der Waals surface area contributed by atoms with Crippen LogP contribution in [0.3, 0.4) is 0 Å². The summed E-state index contributed by atoms with van der Waals surface area (Å²) in [5, 5.41) is 0. The van der Waals surface area contributed by atoms with Crippen molar-refractivity contribution in [3.8, 4) is 5.75 Å². The van der Waals surface area contributed by atoms with Crippen LogP contribution in [-0.2, 0) is 16.6 Å². The van der Waals surface area contributed by atoms with Crippen molar-refractivity contribution in [2.75, 3.05) is 12.8 Å². The molecule has 2 aromatic carbocycles. The zero-order valence-electron chi connectivity index (χ0n) is 10.7. The smallest absolute Gasteiger partial charge is 0.131 e. The Hall–Kier alpha value is -1.95. The van der Waals surface area contributed by atoms with Crippen molar-refractivity contribution in [2.45, 2.75) is 10.6 Å². The van der Waals surface area contributed by atoms with Crippen molar-refractivity contribution in [3.63, 3.8) is 0 Å².